The third-order valence-electron chi connectivity index (χ3n) is 4.68. The lowest BCUT2D eigenvalue weighted by atomic mass is 10.2. The van der Waals surface area contributed by atoms with Crippen LogP contribution in [0.15, 0.2) is 76.4 Å². The second kappa shape index (κ2) is 11.7. The molecule has 0 spiro atoms. The minimum Gasteiger partial charge on any atom is -0.377 e. The van der Waals surface area contributed by atoms with Crippen molar-refractivity contribution < 1.29 is 22.6 Å². The molecule has 1 atom stereocenters. The molecule has 33 heavy (non-hydrogen) atoms. The van der Waals surface area contributed by atoms with Crippen LogP contribution in [0, 0.1) is 6.92 Å². The third kappa shape index (κ3) is 7.50. The number of ether oxygens (including phenoxy) is 3. The van der Waals surface area contributed by atoms with Crippen molar-refractivity contribution in [2.45, 2.75) is 32.8 Å². The highest BCUT2D eigenvalue weighted by Gasteiger charge is 2.20. The van der Waals surface area contributed by atoms with Gasteiger partial charge in [-0.05, 0) is 18.1 Å². The highest BCUT2D eigenvalue weighted by molar-refractivity contribution is 7.89. The van der Waals surface area contributed by atoms with E-state index in [-0.39, 0.29) is 25.2 Å². The minimum atomic E-state index is -4.19. The third-order valence-corrected chi connectivity index (χ3v) is 5.98. The standard InChI is InChI=1S/C23H26N2O7S/c1-18-14-25(23(27)24-22(18)26)33(28,29)17-32-21(31-16-20-10-6-3-7-11-20)12-13-30-15-19-8-4-2-5-9-19/h2-11,14,21H,12-13,15-17H2,1H3,(H,24,26,27). The van der Waals surface area contributed by atoms with Crippen LogP contribution in [-0.4, -0.2) is 36.2 Å². The van der Waals surface area contributed by atoms with Gasteiger partial charge in [0, 0.05) is 18.2 Å². The van der Waals surface area contributed by atoms with E-state index >= 15 is 0 Å². The van der Waals surface area contributed by atoms with Crippen molar-refractivity contribution in [3.63, 3.8) is 0 Å². The number of H-pyrrole nitrogens is 1. The van der Waals surface area contributed by atoms with Gasteiger partial charge in [0.2, 0.25) is 0 Å². The Bertz CT molecular complexity index is 1240. The summed E-state index contributed by atoms with van der Waals surface area (Å²) in [5.41, 5.74) is 0.292. The number of benzene rings is 2. The summed E-state index contributed by atoms with van der Waals surface area (Å²) in [6.07, 6.45) is 0.354. The van der Waals surface area contributed by atoms with Gasteiger partial charge < -0.3 is 14.2 Å². The molecule has 0 amide bonds. The van der Waals surface area contributed by atoms with Gasteiger partial charge in [-0.15, -0.1) is 0 Å². The van der Waals surface area contributed by atoms with Crippen molar-refractivity contribution in [1.82, 2.24) is 8.96 Å². The summed E-state index contributed by atoms with van der Waals surface area (Å²) in [6, 6.07) is 19.0. The fraction of sp³-hybridized carbons (Fsp3) is 0.304. The molecular formula is C23H26N2O7S. The molecule has 10 heteroatoms. The number of hydrogen-bond acceptors (Lipinski definition) is 7. The SMILES string of the molecule is Cc1cn(S(=O)(=O)COC(CCOCc2ccccc2)OCc2ccccc2)c(=O)[nH]c1=O. The Labute approximate surface area is 191 Å². The molecule has 1 aromatic heterocycles. The Kier molecular flexibility index (Phi) is 8.72. The van der Waals surface area contributed by atoms with Gasteiger partial charge in [-0.2, -0.15) is 3.97 Å². The lowest BCUT2D eigenvalue weighted by molar-refractivity contribution is -0.149. The van der Waals surface area contributed by atoms with Crippen LogP contribution in [0.5, 0.6) is 0 Å². The normalized spacial score (nSPS) is 12.5. The molecule has 2 aromatic carbocycles. The summed E-state index contributed by atoms with van der Waals surface area (Å²) >= 11 is 0. The molecule has 0 radical (unpaired) electrons. The first-order valence-corrected chi connectivity index (χ1v) is 11.9. The molecule has 0 fully saturated rings. The van der Waals surface area contributed by atoms with Crippen molar-refractivity contribution >= 4 is 10.0 Å². The first-order chi connectivity index (χ1) is 15.8. The number of nitrogens with zero attached hydrogens (tertiary/aromatic N) is 1. The molecule has 0 aliphatic heterocycles. The first-order valence-electron chi connectivity index (χ1n) is 10.3. The van der Waals surface area contributed by atoms with Crippen LogP contribution in [-0.2, 0) is 37.4 Å². The summed E-state index contributed by atoms with van der Waals surface area (Å²) in [5.74, 6) is -0.809. The topological polar surface area (TPSA) is 117 Å². The monoisotopic (exact) mass is 474 g/mol. The van der Waals surface area contributed by atoms with E-state index in [1.165, 1.54) is 6.92 Å². The largest absolute Gasteiger partial charge is 0.377 e. The summed E-state index contributed by atoms with van der Waals surface area (Å²) in [7, 11) is -4.19. The summed E-state index contributed by atoms with van der Waals surface area (Å²) in [4.78, 5) is 25.5. The van der Waals surface area contributed by atoms with Crippen LogP contribution in [0.25, 0.3) is 0 Å². The number of hydrogen-bond donors (Lipinski definition) is 1. The second-order valence-electron chi connectivity index (χ2n) is 7.32. The van der Waals surface area contributed by atoms with Gasteiger partial charge in [0.1, 0.15) is 0 Å². The van der Waals surface area contributed by atoms with Crippen molar-refractivity contribution in [2.24, 2.45) is 0 Å². The van der Waals surface area contributed by atoms with E-state index in [1.807, 2.05) is 65.6 Å². The minimum absolute atomic E-state index is 0.0874. The Morgan fingerprint density at radius 3 is 2.15 bits per heavy atom. The fourth-order valence-electron chi connectivity index (χ4n) is 2.89. The molecule has 0 bridgehead atoms. The van der Waals surface area contributed by atoms with Gasteiger partial charge in [0.25, 0.3) is 15.6 Å². The van der Waals surface area contributed by atoms with Crippen LogP contribution in [0.1, 0.15) is 23.1 Å². The number of rotatable bonds is 12. The molecular weight excluding hydrogens is 448 g/mol. The van der Waals surface area contributed by atoms with Crippen LogP contribution in [0.2, 0.25) is 0 Å². The molecule has 1 N–H and O–H groups in total. The van der Waals surface area contributed by atoms with E-state index in [0.29, 0.717) is 10.6 Å². The van der Waals surface area contributed by atoms with Crippen molar-refractivity contribution in [2.75, 3.05) is 12.5 Å². The van der Waals surface area contributed by atoms with Gasteiger partial charge in [-0.3, -0.25) is 9.78 Å². The van der Waals surface area contributed by atoms with E-state index in [4.69, 9.17) is 14.2 Å². The molecule has 0 saturated heterocycles. The Morgan fingerprint density at radius 1 is 0.909 bits per heavy atom. The molecule has 3 rings (SSSR count). The van der Waals surface area contributed by atoms with Crippen molar-refractivity contribution in [3.05, 3.63) is 104 Å². The first kappa shape index (κ1) is 24.6. The molecule has 0 aliphatic carbocycles. The smallest absolute Gasteiger partial charge is 0.342 e. The number of aromatic amines is 1. The average Bonchev–Trinajstić information content (AvgIpc) is 2.81. The predicted molar refractivity (Wildman–Crippen MR) is 122 cm³/mol. The lowest BCUT2D eigenvalue weighted by Crippen LogP contribution is -2.37. The lowest BCUT2D eigenvalue weighted by Gasteiger charge is -2.19. The van der Waals surface area contributed by atoms with Gasteiger partial charge in [0.05, 0.1) is 19.8 Å². The zero-order valence-corrected chi connectivity index (χ0v) is 19.0. The predicted octanol–water partition coefficient (Wildman–Crippen LogP) is 2.15. The van der Waals surface area contributed by atoms with Gasteiger partial charge >= 0.3 is 5.69 Å². The zero-order valence-electron chi connectivity index (χ0n) is 18.2. The summed E-state index contributed by atoms with van der Waals surface area (Å²) in [5, 5.41) is 0. The van der Waals surface area contributed by atoms with E-state index in [0.717, 1.165) is 17.3 Å². The van der Waals surface area contributed by atoms with Crippen molar-refractivity contribution in [1.29, 1.82) is 0 Å². The summed E-state index contributed by atoms with van der Waals surface area (Å²) < 4.78 is 42.7. The van der Waals surface area contributed by atoms with Crippen molar-refractivity contribution in [3.8, 4) is 0 Å². The van der Waals surface area contributed by atoms with Crippen LogP contribution < -0.4 is 11.2 Å². The number of aryl methyl sites for hydroxylation is 1. The van der Waals surface area contributed by atoms with E-state index in [9.17, 15) is 18.0 Å². The van der Waals surface area contributed by atoms with E-state index in [1.54, 1.807) is 0 Å². The van der Waals surface area contributed by atoms with E-state index in [2.05, 4.69) is 0 Å². The Balaban J connectivity index is 1.62. The molecule has 3 aromatic rings. The maximum atomic E-state index is 12.6. The highest BCUT2D eigenvalue weighted by atomic mass is 32.2. The van der Waals surface area contributed by atoms with Crippen LogP contribution in [0.3, 0.4) is 0 Å². The second-order valence-corrected chi connectivity index (χ2v) is 9.11. The van der Waals surface area contributed by atoms with E-state index < -0.39 is 33.5 Å². The highest BCUT2D eigenvalue weighted by Crippen LogP contribution is 2.10. The molecule has 0 aliphatic rings. The molecule has 1 heterocycles. The summed E-state index contributed by atoms with van der Waals surface area (Å²) in [6.45, 7) is 2.28. The number of aromatic nitrogens is 2. The van der Waals surface area contributed by atoms with Gasteiger partial charge in [-0.25, -0.2) is 13.2 Å². The van der Waals surface area contributed by atoms with Gasteiger partial charge in [0.15, 0.2) is 12.2 Å². The fourth-order valence-corrected chi connectivity index (χ4v) is 3.95. The van der Waals surface area contributed by atoms with Crippen LogP contribution in [0.4, 0.5) is 0 Å². The Hall–Kier alpha value is -3.05. The maximum Gasteiger partial charge on any atom is 0.342 e. The van der Waals surface area contributed by atoms with Gasteiger partial charge in [-0.1, -0.05) is 60.7 Å². The maximum absolute atomic E-state index is 12.6. The average molecular weight is 475 g/mol. The molecule has 1 unspecified atom stereocenters. The quantitative estimate of drug-likeness (QED) is 0.316. The Morgan fingerprint density at radius 2 is 1.52 bits per heavy atom. The van der Waals surface area contributed by atoms with Crippen LogP contribution >= 0.6 is 0 Å². The zero-order chi connectivity index (χ0) is 23.7. The number of nitrogens with one attached hydrogen (secondary N) is 1. The molecule has 9 nitrogen and oxygen atoms in total. The molecule has 176 valence electrons. The molecule has 0 saturated carbocycles.